The van der Waals surface area contributed by atoms with Crippen LogP contribution in [0.25, 0.3) is 0 Å². The molecule has 120 valence electrons. The molecule has 1 aromatic carbocycles. The molecular formula is C17H19N3O3. The molecule has 2 atom stereocenters. The Morgan fingerprint density at radius 1 is 1.09 bits per heavy atom. The molecule has 1 aliphatic rings. The van der Waals surface area contributed by atoms with E-state index in [4.69, 9.17) is 4.52 Å². The molecule has 0 radical (unpaired) electrons. The Morgan fingerprint density at radius 3 is 2.43 bits per heavy atom. The summed E-state index contributed by atoms with van der Waals surface area (Å²) in [6, 6.07) is 7.54. The van der Waals surface area contributed by atoms with Gasteiger partial charge in [0, 0.05) is 11.8 Å². The van der Waals surface area contributed by atoms with E-state index in [1.165, 1.54) is 0 Å². The number of aryl methyl sites for hydroxylation is 3. The minimum Gasteiger partial charge on any atom is -0.360 e. The second kappa shape index (κ2) is 5.87. The van der Waals surface area contributed by atoms with E-state index < -0.39 is 0 Å². The normalized spacial score (nSPS) is 19.3. The summed E-state index contributed by atoms with van der Waals surface area (Å²) in [6.07, 6.45) is 0.555. The van der Waals surface area contributed by atoms with Crippen molar-refractivity contribution in [3.8, 4) is 0 Å². The van der Waals surface area contributed by atoms with Gasteiger partial charge in [-0.1, -0.05) is 17.3 Å². The largest absolute Gasteiger partial charge is 0.360 e. The number of hydrogen-bond acceptors (Lipinski definition) is 4. The molecule has 2 aromatic rings. The minimum absolute atomic E-state index is 0.116. The SMILES string of the molecule is Cc1ccc(C)c(NC(=O)C2CC2C(=O)Nc2cc(C)on2)c1. The molecule has 0 spiro atoms. The molecule has 1 saturated carbocycles. The van der Waals surface area contributed by atoms with Crippen LogP contribution in [0.15, 0.2) is 28.8 Å². The van der Waals surface area contributed by atoms with Gasteiger partial charge in [-0.3, -0.25) is 9.59 Å². The molecule has 3 rings (SSSR count). The molecule has 0 saturated heterocycles. The smallest absolute Gasteiger partial charge is 0.229 e. The van der Waals surface area contributed by atoms with E-state index >= 15 is 0 Å². The maximum Gasteiger partial charge on any atom is 0.229 e. The van der Waals surface area contributed by atoms with Crippen molar-refractivity contribution in [3.63, 3.8) is 0 Å². The molecular weight excluding hydrogens is 294 g/mol. The van der Waals surface area contributed by atoms with Crippen molar-refractivity contribution in [1.82, 2.24) is 5.16 Å². The first-order chi connectivity index (χ1) is 10.9. The zero-order valence-electron chi connectivity index (χ0n) is 13.3. The summed E-state index contributed by atoms with van der Waals surface area (Å²) in [5, 5.41) is 9.30. The van der Waals surface area contributed by atoms with Crippen LogP contribution in [0.5, 0.6) is 0 Å². The number of hydrogen-bond donors (Lipinski definition) is 2. The number of nitrogens with one attached hydrogen (secondary N) is 2. The van der Waals surface area contributed by atoms with E-state index in [1.807, 2.05) is 32.0 Å². The van der Waals surface area contributed by atoms with Crippen LogP contribution in [-0.4, -0.2) is 17.0 Å². The van der Waals surface area contributed by atoms with E-state index in [1.54, 1.807) is 13.0 Å². The molecule has 23 heavy (non-hydrogen) atoms. The fourth-order valence-electron chi connectivity index (χ4n) is 2.51. The van der Waals surface area contributed by atoms with Crippen LogP contribution in [0, 0.1) is 32.6 Å². The Kier molecular flexibility index (Phi) is 3.90. The van der Waals surface area contributed by atoms with Gasteiger partial charge in [0.25, 0.3) is 0 Å². The van der Waals surface area contributed by atoms with Gasteiger partial charge in [-0.15, -0.1) is 0 Å². The summed E-state index contributed by atoms with van der Waals surface area (Å²) in [6.45, 7) is 5.67. The van der Waals surface area contributed by atoms with Crippen LogP contribution in [0.3, 0.4) is 0 Å². The highest BCUT2D eigenvalue weighted by atomic mass is 16.5. The van der Waals surface area contributed by atoms with E-state index in [-0.39, 0.29) is 23.7 Å². The molecule has 2 amide bonds. The molecule has 2 N–H and O–H groups in total. The van der Waals surface area contributed by atoms with Crippen LogP contribution in [0.4, 0.5) is 11.5 Å². The van der Waals surface area contributed by atoms with Crippen molar-refractivity contribution in [3.05, 3.63) is 41.2 Å². The van der Waals surface area contributed by atoms with Gasteiger partial charge in [-0.2, -0.15) is 0 Å². The quantitative estimate of drug-likeness (QED) is 0.909. The first-order valence-electron chi connectivity index (χ1n) is 7.56. The first kappa shape index (κ1) is 15.3. The van der Waals surface area contributed by atoms with Gasteiger partial charge in [0.2, 0.25) is 11.8 Å². The maximum absolute atomic E-state index is 12.3. The van der Waals surface area contributed by atoms with E-state index in [2.05, 4.69) is 15.8 Å². The molecule has 1 aliphatic carbocycles. The maximum atomic E-state index is 12.3. The van der Waals surface area contributed by atoms with Crippen molar-refractivity contribution >= 4 is 23.3 Å². The zero-order valence-corrected chi connectivity index (χ0v) is 13.3. The van der Waals surface area contributed by atoms with Crippen molar-refractivity contribution in [2.24, 2.45) is 11.8 Å². The Bertz CT molecular complexity index is 766. The van der Waals surface area contributed by atoms with Crippen molar-refractivity contribution in [1.29, 1.82) is 0 Å². The van der Waals surface area contributed by atoms with Gasteiger partial charge in [0.1, 0.15) is 5.76 Å². The molecule has 1 fully saturated rings. The Balaban J connectivity index is 1.58. The summed E-state index contributed by atoms with van der Waals surface area (Å²) >= 11 is 0. The molecule has 1 aromatic heterocycles. The fourth-order valence-corrected chi connectivity index (χ4v) is 2.51. The zero-order chi connectivity index (χ0) is 16.6. The number of aromatic nitrogens is 1. The summed E-state index contributed by atoms with van der Waals surface area (Å²) in [4.78, 5) is 24.4. The Hall–Kier alpha value is -2.63. The highest BCUT2D eigenvalue weighted by Crippen LogP contribution is 2.40. The van der Waals surface area contributed by atoms with Gasteiger partial charge < -0.3 is 15.2 Å². The number of nitrogens with zero attached hydrogens (tertiary/aromatic N) is 1. The van der Waals surface area contributed by atoms with Crippen LogP contribution in [0.1, 0.15) is 23.3 Å². The van der Waals surface area contributed by atoms with Gasteiger partial charge in [0.05, 0.1) is 11.8 Å². The lowest BCUT2D eigenvalue weighted by Crippen LogP contribution is -2.21. The molecule has 6 nitrogen and oxygen atoms in total. The minimum atomic E-state index is -0.308. The predicted octanol–water partition coefficient (Wildman–Crippen LogP) is 2.81. The lowest BCUT2D eigenvalue weighted by Gasteiger charge is -2.09. The van der Waals surface area contributed by atoms with Crippen LogP contribution < -0.4 is 10.6 Å². The Morgan fingerprint density at radius 2 is 1.78 bits per heavy atom. The van der Waals surface area contributed by atoms with Gasteiger partial charge in [0.15, 0.2) is 5.82 Å². The van der Waals surface area contributed by atoms with Crippen molar-refractivity contribution < 1.29 is 14.1 Å². The number of amides is 2. The summed E-state index contributed by atoms with van der Waals surface area (Å²) in [5.74, 6) is 0.100. The lowest BCUT2D eigenvalue weighted by atomic mass is 10.1. The third-order valence-electron chi connectivity index (χ3n) is 3.99. The monoisotopic (exact) mass is 313 g/mol. The molecule has 6 heteroatoms. The first-order valence-corrected chi connectivity index (χ1v) is 7.56. The average molecular weight is 313 g/mol. The standard InChI is InChI=1S/C17H19N3O3/c1-9-4-5-10(2)14(6-9)18-16(21)12-8-13(12)17(22)19-15-7-11(3)23-20-15/h4-7,12-13H,8H2,1-3H3,(H,18,21)(H,19,20,22). The summed E-state index contributed by atoms with van der Waals surface area (Å²) < 4.78 is 4.90. The van der Waals surface area contributed by atoms with E-state index in [0.29, 0.717) is 18.0 Å². The topological polar surface area (TPSA) is 84.2 Å². The molecule has 2 unspecified atom stereocenters. The number of carbonyl (C=O) groups excluding carboxylic acids is 2. The second-order valence-electron chi connectivity index (χ2n) is 6.07. The number of carbonyl (C=O) groups is 2. The lowest BCUT2D eigenvalue weighted by molar-refractivity contribution is -0.122. The number of benzene rings is 1. The van der Waals surface area contributed by atoms with E-state index in [9.17, 15) is 9.59 Å². The Labute approximate surface area is 134 Å². The van der Waals surface area contributed by atoms with Crippen molar-refractivity contribution in [2.75, 3.05) is 10.6 Å². The summed E-state index contributed by atoms with van der Waals surface area (Å²) in [5.41, 5.74) is 2.88. The summed E-state index contributed by atoms with van der Waals surface area (Å²) in [7, 11) is 0. The molecule has 1 heterocycles. The predicted molar refractivity (Wildman–Crippen MR) is 86.0 cm³/mol. The van der Waals surface area contributed by atoms with Crippen LogP contribution >= 0.6 is 0 Å². The molecule has 0 bridgehead atoms. The van der Waals surface area contributed by atoms with Crippen molar-refractivity contribution in [2.45, 2.75) is 27.2 Å². The number of anilines is 2. The fraction of sp³-hybridized carbons (Fsp3) is 0.353. The van der Waals surface area contributed by atoms with Crippen LogP contribution in [-0.2, 0) is 9.59 Å². The third kappa shape index (κ3) is 3.41. The average Bonchev–Trinajstić information content (AvgIpc) is 3.21. The van der Waals surface area contributed by atoms with Gasteiger partial charge in [-0.05, 0) is 44.4 Å². The third-order valence-corrected chi connectivity index (χ3v) is 3.99. The van der Waals surface area contributed by atoms with Gasteiger partial charge in [-0.25, -0.2) is 0 Å². The highest BCUT2D eigenvalue weighted by Gasteiger charge is 2.48. The highest BCUT2D eigenvalue weighted by molar-refractivity contribution is 6.03. The van der Waals surface area contributed by atoms with Crippen LogP contribution in [0.2, 0.25) is 0 Å². The van der Waals surface area contributed by atoms with E-state index in [0.717, 1.165) is 16.8 Å². The number of rotatable bonds is 4. The molecule has 0 aliphatic heterocycles. The second-order valence-corrected chi connectivity index (χ2v) is 6.07. The van der Waals surface area contributed by atoms with Gasteiger partial charge >= 0.3 is 0 Å².